The Balaban J connectivity index is -0.0000000267. The number of carbonyl (C=O) groups is 1. The first kappa shape index (κ1) is 19.1. The number of rotatable bonds is 1. The molecule has 1 fully saturated rings. The first-order valence-corrected chi connectivity index (χ1v) is 3.03. The van der Waals surface area contributed by atoms with Crippen molar-refractivity contribution in [2.45, 2.75) is 25.7 Å². The maximum Gasteiger partial charge on any atom is 1.00 e. The molecule has 11 heavy (non-hydrogen) atoms. The van der Waals surface area contributed by atoms with Crippen molar-refractivity contribution in [3.8, 4) is 0 Å². The molecule has 1 aliphatic rings. The van der Waals surface area contributed by atoms with Gasteiger partial charge in [0.2, 0.25) is 0 Å². The molecule has 1 saturated carbocycles. The number of hydrogen-bond donors (Lipinski definition) is 1. The number of carboxylic acids is 1. The molecular formula is C6H13Na3O2. The second-order valence-corrected chi connectivity index (χ2v) is 2.32. The molecule has 0 aromatic carbocycles. The standard InChI is InChI=1S/C6H10O2.3Na.3H/c7-6(8)5-3-1-2-4-5;;;;;;/h5H,1-4H2,(H,7,8);;;;;;/q;3*+1;3*-1. The van der Waals surface area contributed by atoms with Crippen LogP contribution < -0.4 is 88.7 Å². The van der Waals surface area contributed by atoms with Crippen molar-refractivity contribution in [2.75, 3.05) is 0 Å². The summed E-state index contributed by atoms with van der Waals surface area (Å²) in [6.07, 6.45) is 4.01. The zero-order valence-corrected chi connectivity index (χ0v) is 13.8. The Kier molecular flexibility index (Phi) is 18.3. The first-order chi connectivity index (χ1) is 3.80. The monoisotopic (exact) mass is 186 g/mol. The van der Waals surface area contributed by atoms with Gasteiger partial charge in [-0.25, -0.2) is 0 Å². The van der Waals surface area contributed by atoms with E-state index in [1.54, 1.807) is 0 Å². The van der Waals surface area contributed by atoms with Gasteiger partial charge >= 0.3 is 94.6 Å². The Bertz CT molecular complexity index is 112. The molecule has 1 aliphatic carbocycles. The smallest absolute Gasteiger partial charge is 1.00 e. The van der Waals surface area contributed by atoms with Gasteiger partial charge in [0.05, 0.1) is 5.92 Å². The fraction of sp³-hybridized carbons (Fsp3) is 0.833. The molecule has 1 N–H and O–H groups in total. The fourth-order valence-electron chi connectivity index (χ4n) is 1.17. The molecule has 0 radical (unpaired) electrons. The van der Waals surface area contributed by atoms with Crippen molar-refractivity contribution < 1.29 is 103 Å². The summed E-state index contributed by atoms with van der Waals surface area (Å²) in [7, 11) is 0. The topological polar surface area (TPSA) is 37.3 Å². The van der Waals surface area contributed by atoms with Gasteiger partial charge in [0, 0.05) is 0 Å². The largest absolute Gasteiger partial charge is 1.00 e. The van der Waals surface area contributed by atoms with E-state index in [9.17, 15) is 4.79 Å². The summed E-state index contributed by atoms with van der Waals surface area (Å²) < 4.78 is 0. The second kappa shape index (κ2) is 10.6. The Morgan fingerprint density at radius 1 is 1.18 bits per heavy atom. The van der Waals surface area contributed by atoms with Crippen LogP contribution >= 0.6 is 0 Å². The van der Waals surface area contributed by atoms with Gasteiger partial charge < -0.3 is 9.39 Å². The van der Waals surface area contributed by atoms with Gasteiger partial charge in [-0.1, -0.05) is 12.8 Å². The van der Waals surface area contributed by atoms with Crippen LogP contribution in [0.25, 0.3) is 0 Å². The zero-order chi connectivity index (χ0) is 5.98. The van der Waals surface area contributed by atoms with E-state index in [4.69, 9.17) is 5.11 Å². The van der Waals surface area contributed by atoms with E-state index in [1.807, 2.05) is 0 Å². The van der Waals surface area contributed by atoms with Crippen LogP contribution in [0.4, 0.5) is 0 Å². The van der Waals surface area contributed by atoms with Crippen LogP contribution in [0.5, 0.6) is 0 Å². The van der Waals surface area contributed by atoms with Crippen LogP contribution in [0.2, 0.25) is 0 Å². The summed E-state index contributed by atoms with van der Waals surface area (Å²) in [6, 6.07) is 0. The van der Waals surface area contributed by atoms with E-state index < -0.39 is 5.97 Å². The number of aliphatic carboxylic acids is 1. The third-order valence-corrected chi connectivity index (χ3v) is 1.70. The van der Waals surface area contributed by atoms with Crippen molar-refractivity contribution >= 4 is 5.97 Å². The van der Waals surface area contributed by atoms with Gasteiger partial charge in [0.15, 0.2) is 0 Å². The Morgan fingerprint density at radius 3 is 1.73 bits per heavy atom. The van der Waals surface area contributed by atoms with E-state index in [1.165, 1.54) is 0 Å². The van der Waals surface area contributed by atoms with Crippen LogP contribution in [-0.4, -0.2) is 11.1 Å². The van der Waals surface area contributed by atoms with Crippen molar-refractivity contribution in [3.05, 3.63) is 0 Å². The average molecular weight is 186 g/mol. The molecule has 0 aliphatic heterocycles. The Labute approximate surface area is 138 Å². The Morgan fingerprint density at radius 2 is 1.55 bits per heavy atom. The van der Waals surface area contributed by atoms with Crippen molar-refractivity contribution in [3.63, 3.8) is 0 Å². The number of carboxylic acid groups (broad SMARTS) is 1. The van der Waals surface area contributed by atoms with Crippen LogP contribution in [0.1, 0.15) is 30.0 Å². The summed E-state index contributed by atoms with van der Waals surface area (Å²) in [5.41, 5.74) is 0. The minimum absolute atomic E-state index is 0. The van der Waals surface area contributed by atoms with Crippen LogP contribution in [0.15, 0.2) is 0 Å². The SMILES string of the molecule is O=C(O)C1CCCC1.[H-].[H-].[H-].[Na+].[Na+].[Na+]. The predicted octanol–water partition coefficient (Wildman–Crippen LogP) is -7.39. The number of hydrogen-bond acceptors (Lipinski definition) is 1. The fourth-order valence-corrected chi connectivity index (χ4v) is 1.17. The summed E-state index contributed by atoms with van der Waals surface area (Å²) >= 11 is 0. The van der Waals surface area contributed by atoms with Gasteiger partial charge in [-0.3, -0.25) is 4.79 Å². The van der Waals surface area contributed by atoms with E-state index in [0.29, 0.717) is 0 Å². The van der Waals surface area contributed by atoms with Crippen molar-refractivity contribution in [2.24, 2.45) is 5.92 Å². The van der Waals surface area contributed by atoms with Gasteiger partial charge in [-0.15, -0.1) is 0 Å². The maximum absolute atomic E-state index is 10.2. The first-order valence-electron chi connectivity index (χ1n) is 3.03. The quantitative estimate of drug-likeness (QED) is 0.413. The molecule has 0 atom stereocenters. The molecule has 0 aromatic rings. The molecule has 2 nitrogen and oxygen atoms in total. The molecule has 52 valence electrons. The minimum Gasteiger partial charge on any atom is -1.00 e. The summed E-state index contributed by atoms with van der Waals surface area (Å²) in [5, 5.41) is 8.41. The molecule has 0 saturated heterocycles. The van der Waals surface area contributed by atoms with Gasteiger partial charge in [-0.05, 0) is 12.8 Å². The third kappa shape index (κ3) is 7.53. The molecule has 0 spiro atoms. The summed E-state index contributed by atoms with van der Waals surface area (Å²) in [6.45, 7) is 0. The van der Waals surface area contributed by atoms with Gasteiger partial charge in [0.25, 0.3) is 0 Å². The molecule has 0 amide bonds. The Hall–Kier alpha value is 2.47. The van der Waals surface area contributed by atoms with Gasteiger partial charge in [0.1, 0.15) is 0 Å². The van der Waals surface area contributed by atoms with E-state index in [-0.39, 0.29) is 98.9 Å². The van der Waals surface area contributed by atoms with Crippen molar-refractivity contribution in [1.29, 1.82) is 0 Å². The summed E-state index contributed by atoms with van der Waals surface area (Å²) in [4.78, 5) is 10.2. The molecule has 0 bridgehead atoms. The predicted molar refractivity (Wildman–Crippen MR) is 32.9 cm³/mol. The van der Waals surface area contributed by atoms with E-state index in [0.717, 1.165) is 25.7 Å². The summed E-state index contributed by atoms with van der Waals surface area (Å²) in [5.74, 6) is -0.627. The third-order valence-electron chi connectivity index (χ3n) is 1.70. The molecule has 1 rings (SSSR count). The van der Waals surface area contributed by atoms with Crippen LogP contribution in [0, 0.1) is 5.92 Å². The molecule has 0 heterocycles. The zero-order valence-electron chi connectivity index (χ0n) is 10.8. The van der Waals surface area contributed by atoms with E-state index in [2.05, 4.69) is 0 Å². The average Bonchev–Trinajstić information content (AvgIpc) is 2.12. The molecule has 5 heteroatoms. The maximum atomic E-state index is 10.2. The van der Waals surface area contributed by atoms with E-state index >= 15 is 0 Å². The van der Waals surface area contributed by atoms with Gasteiger partial charge in [-0.2, -0.15) is 0 Å². The molecule has 0 aromatic heterocycles. The van der Waals surface area contributed by atoms with Crippen LogP contribution in [-0.2, 0) is 4.79 Å². The van der Waals surface area contributed by atoms with Crippen LogP contribution in [0.3, 0.4) is 0 Å². The second-order valence-electron chi connectivity index (χ2n) is 2.32. The molecule has 0 unspecified atom stereocenters. The van der Waals surface area contributed by atoms with Crippen molar-refractivity contribution in [1.82, 2.24) is 0 Å². The minimum atomic E-state index is -0.609. The molecular weight excluding hydrogens is 173 g/mol. The normalized spacial score (nSPS) is 15.6.